The number of imidazole rings is 1. The van der Waals surface area contributed by atoms with Gasteiger partial charge in [0.25, 0.3) is 0 Å². The summed E-state index contributed by atoms with van der Waals surface area (Å²) in [6.45, 7) is 0.421. The largest absolute Gasteiger partial charge is 0.455 e. The van der Waals surface area contributed by atoms with Crippen molar-refractivity contribution in [2.75, 3.05) is 0 Å². The van der Waals surface area contributed by atoms with Gasteiger partial charge >= 0.3 is 5.97 Å². The van der Waals surface area contributed by atoms with Crippen LogP contribution in [0, 0.1) is 0 Å². The maximum atomic E-state index is 12.4. The Morgan fingerprint density at radius 2 is 1.85 bits per heavy atom. The molecule has 0 saturated carbocycles. The third kappa shape index (κ3) is 5.01. The highest BCUT2D eigenvalue weighted by molar-refractivity contribution is 6.42. The fourth-order valence-corrected chi connectivity index (χ4v) is 2.91. The first-order chi connectivity index (χ1) is 12.5. The summed E-state index contributed by atoms with van der Waals surface area (Å²) in [5.41, 5.74) is 1.59. The molecule has 26 heavy (non-hydrogen) atoms. The number of ether oxygens (including phenoxy) is 1. The molecule has 0 N–H and O–H groups in total. The average Bonchev–Trinajstić information content (AvgIpc) is 3.12. The van der Waals surface area contributed by atoms with Gasteiger partial charge in [0, 0.05) is 17.4 Å². The van der Waals surface area contributed by atoms with Crippen molar-refractivity contribution in [3.63, 3.8) is 0 Å². The molecular formula is C19H15Cl3N2O2. The number of hydrogen-bond acceptors (Lipinski definition) is 3. The van der Waals surface area contributed by atoms with Gasteiger partial charge in [0.1, 0.15) is 6.10 Å². The first kappa shape index (κ1) is 18.8. The number of nitrogens with zero attached hydrogens (tertiary/aromatic N) is 2. The number of hydrogen-bond donors (Lipinski definition) is 0. The molecule has 0 aliphatic carbocycles. The molecule has 1 heterocycles. The van der Waals surface area contributed by atoms with Crippen LogP contribution in [0.5, 0.6) is 0 Å². The maximum Gasteiger partial charge on any atom is 0.310 e. The molecule has 134 valence electrons. The summed E-state index contributed by atoms with van der Waals surface area (Å²) in [5.74, 6) is -0.344. The minimum atomic E-state index is -0.515. The molecule has 3 aromatic rings. The van der Waals surface area contributed by atoms with Crippen LogP contribution in [-0.4, -0.2) is 15.5 Å². The number of aromatic nitrogens is 2. The van der Waals surface area contributed by atoms with Crippen LogP contribution in [0.2, 0.25) is 15.1 Å². The van der Waals surface area contributed by atoms with Crippen molar-refractivity contribution in [3.8, 4) is 0 Å². The molecule has 3 rings (SSSR count). The number of esters is 1. The molecule has 0 amide bonds. The molecule has 1 atom stereocenters. The zero-order valence-corrected chi connectivity index (χ0v) is 15.9. The Balaban J connectivity index is 1.77. The average molecular weight is 410 g/mol. The Morgan fingerprint density at radius 3 is 2.50 bits per heavy atom. The summed E-state index contributed by atoms with van der Waals surface area (Å²) < 4.78 is 7.55. The van der Waals surface area contributed by atoms with Crippen LogP contribution < -0.4 is 0 Å². The van der Waals surface area contributed by atoms with E-state index in [0.29, 0.717) is 21.6 Å². The van der Waals surface area contributed by atoms with Crippen LogP contribution in [0.25, 0.3) is 0 Å². The van der Waals surface area contributed by atoms with Crippen molar-refractivity contribution >= 4 is 40.8 Å². The fourth-order valence-electron chi connectivity index (χ4n) is 2.48. The highest BCUT2D eigenvalue weighted by Gasteiger charge is 2.19. The Hall–Kier alpha value is -2.01. The van der Waals surface area contributed by atoms with Gasteiger partial charge in [-0.25, -0.2) is 4.98 Å². The fraction of sp³-hybridized carbons (Fsp3) is 0.158. The van der Waals surface area contributed by atoms with Gasteiger partial charge in [0.2, 0.25) is 0 Å². The lowest BCUT2D eigenvalue weighted by molar-refractivity contribution is -0.149. The molecule has 1 aromatic heterocycles. The molecule has 1 unspecified atom stereocenters. The third-order valence-electron chi connectivity index (χ3n) is 3.79. The van der Waals surface area contributed by atoms with Crippen molar-refractivity contribution in [1.82, 2.24) is 9.55 Å². The quantitative estimate of drug-likeness (QED) is 0.514. The van der Waals surface area contributed by atoms with E-state index >= 15 is 0 Å². The standard InChI is InChI=1S/C19H15Cl3N2O2/c20-15-4-1-13(2-5-15)9-19(25)26-18(11-24-8-7-23-12-24)14-3-6-16(21)17(22)10-14/h1-8,10,12,18H,9,11H2. The Kier molecular flexibility index (Phi) is 6.20. The molecule has 0 fully saturated rings. The van der Waals surface area contributed by atoms with Crippen molar-refractivity contribution in [2.45, 2.75) is 19.1 Å². The van der Waals surface area contributed by atoms with Crippen LogP contribution >= 0.6 is 34.8 Å². The predicted molar refractivity (Wildman–Crippen MR) is 103 cm³/mol. The number of rotatable bonds is 6. The minimum absolute atomic E-state index is 0.152. The first-order valence-corrected chi connectivity index (χ1v) is 8.99. The van der Waals surface area contributed by atoms with Crippen LogP contribution in [-0.2, 0) is 22.5 Å². The summed E-state index contributed by atoms with van der Waals surface area (Å²) in [5, 5.41) is 1.48. The van der Waals surface area contributed by atoms with Gasteiger partial charge in [-0.15, -0.1) is 0 Å². The van der Waals surface area contributed by atoms with E-state index in [1.165, 1.54) is 0 Å². The van der Waals surface area contributed by atoms with E-state index in [-0.39, 0.29) is 12.4 Å². The predicted octanol–water partition coefficient (Wildman–Crippen LogP) is 5.37. The molecule has 0 aliphatic rings. The number of benzene rings is 2. The van der Waals surface area contributed by atoms with Gasteiger partial charge in [-0.05, 0) is 35.4 Å². The smallest absolute Gasteiger partial charge is 0.310 e. The van der Waals surface area contributed by atoms with Gasteiger partial charge in [-0.2, -0.15) is 0 Å². The van der Waals surface area contributed by atoms with E-state index < -0.39 is 6.10 Å². The van der Waals surface area contributed by atoms with Gasteiger partial charge in [0.15, 0.2) is 0 Å². The first-order valence-electron chi connectivity index (χ1n) is 7.86. The second-order valence-corrected chi connectivity index (χ2v) is 6.97. The molecule has 0 bridgehead atoms. The Labute approximate surface area is 166 Å². The molecule has 4 nitrogen and oxygen atoms in total. The normalized spacial score (nSPS) is 12.0. The van der Waals surface area contributed by atoms with Crippen LogP contribution in [0.15, 0.2) is 61.2 Å². The highest BCUT2D eigenvalue weighted by Crippen LogP contribution is 2.28. The van der Waals surface area contributed by atoms with Gasteiger partial charge in [0.05, 0.1) is 29.3 Å². The van der Waals surface area contributed by atoms with Crippen molar-refractivity contribution in [2.24, 2.45) is 0 Å². The van der Waals surface area contributed by atoms with Crippen molar-refractivity contribution < 1.29 is 9.53 Å². The molecule has 0 aliphatic heterocycles. The van der Waals surface area contributed by atoms with Crippen molar-refractivity contribution in [1.29, 1.82) is 0 Å². The molecule has 0 saturated heterocycles. The molecule has 0 spiro atoms. The zero-order valence-electron chi connectivity index (χ0n) is 13.6. The van der Waals surface area contributed by atoms with E-state index in [4.69, 9.17) is 39.5 Å². The van der Waals surface area contributed by atoms with Crippen molar-refractivity contribution in [3.05, 3.63) is 87.4 Å². The Morgan fingerprint density at radius 1 is 1.08 bits per heavy atom. The lowest BCUT2D eigenvalue weighted by Crippen LogP contribution is -2.18. The summed E-state index contributed by atoms with van der Waals surface area (Å²) in [7, 11) is 0. The number of carbonyl (C=O) groups is 1. The third-order valence-corrected chi connectivity index (χ3v) is 4.78. The van der Waals surface area contributed by atoms with E-state index in [1.54, 1.807) is 61.2 Å². The number of halogens is 3. The lowest BCUT2D eigenvalue weighted by atomic mass is 10.1. The van der Waals surface area contributed by atoms with Crippen LogP contribution in [0.1, 0.15) is 17.2 Å². The second-order valence-electron chi connectivity index (χ2n) is 5.71. The van der Waals surface area contributed by atoms with Crippen LogP contribution in [0.3, 0.4) is 0 Å². The van der Waals surface area contributed by atoms with E-state index in [0.717, 1.165) is 11.1 Å². The SMILES string of the molecule is O=C(Cc1ccc(Cl)cc1)OC(Cn1ccnc1)c1ccc(Cl)c(Cl)c1. The van der Waals surface area contributed by atoms with Gasteiger partial charge in [-0.3, -0.25) is 4.79 Å². The molecular weight excluding hydrogens is 395 g/mol. The summed E-state index contributed by atoms with van der Waals surface area (Å²) >= 11 is 18.0. The minimum Gasteiger partial charge on any atom is -0.455 e. The number of carbonyl (C=O) groups excluding carboxylic acids is 1. The summed E-state index contributed by atoms with van der Waals surface area (Å²) in [6, 6.07) is 12.3. The Bertz CT molecular complexity index is 880. The maximum absolute atomic E-state index is 12.4. The van der Waals surface area contributed by atoms with Gasteiger partial charge < -0.3 is 9.30 Å². The van der Waals surface area contributed by atoms with E-state index in [1.807, 2.05) is 4.57 Å². The molecule has 0 radical (unpaired) electrons. The zero-order chi connectivity index (χ0) is 18.5. The summed E-state index contributed by atoms with van der Waals surface area (Å²) in [6.07, 6.45) is 4.77. The monoisotopic (exact) mass is 408 g/mol. The van der Waals surface area contributed by atoms with Gasteiger partial charge in [-0.1, -0.05) is 53.0 Å². The van der Waals surface area contributed by atoms with E-state index in [9.17, 15) is 4.79 Å². The summed E-state index contributed by atoms with van der Waals surface area (Å²) in [4.78, 5) is 16.4. The highest BCUT2D eigenvalue weighted by atomic mass is 35.5. The van der Waals surface area contributed by atoms with E-state index in [2.05, 4.69) is 4.98 Å². The molecule has 2 aromatic carbocycles. The second kappa shape index (κ2) is 8.58. The molecule has 7 heteroatoms. The van der Waals surface area contributed by atoms with Crippen LogP contribution in [0.4, 0.5) is 0 Å². The topological polar surface area (TPSA) is 44.1 Å². The lowest BCUT2D eigenvalue weighted by Gasteiger charge is -2.19.